The van der Waals surface area contributed by atoms with Gasteiger partial charge in [0.15, 0.2) is 0 Å². The van der Waals surface area contributed by atoms with Gasteiger partial charge in [0.25, 0.3) is 0 Å². The minimum atomic E-state index is -0.343. The number of aliphatic hydroxyl groups is 1. The number of ether oxygens (including phenoxy) is 2. The first-order valence-electron chi connectivity index (χ1n) is 6.75. The van der Waals surface area contributed by atoms with Gasteiger partial charge in [-0.25, -0.2) is 0 Å². The Labute approximate surface area is 119 Å². The maximum atomic E-state index is 11.6. The van der Waals surface area contributed by atoms with Crippen LogP contribution in [0.15, 0.2) is 24.3 Å². The van der Waals surface area contributed by atoms with Crippen molar-refractivity contribution in [1.82, 2.24) is 5.32 Å². The lowest BCUT2D eigenvalue weighted by Gasteiger charge is -2.15. The highest BCUT2D eigenvalue weighted by Crippen LogP contribution is 2.16. The van der Waals surface area contributed by atoms with Crippen molar-refractivity contribution in [3.8, 4) is 5.75 Å². The Hall–Kier alpha value is -1.59. The van der Waals surface area contributed by atoms with Gasteiger partial charge in [-0.3, -0.25) is 4.79 Å². The third-order valence-electron chi connectivity index (χ3n) is 2.85. The predicted octanol–water partition coefficient (Wildman–Crippen LogP) is 1.28. The number of hydrogen-bond acceptors (Lipinski definition) is 4. The second kappa shape index (κ2) is 9.34. The molecule has 0 aliphatic rings. The fraction of sp³-hybridized carbons (Fsp3) is 0.533. The lowest BCUT2D eigenvalue weighted by Crippen LogP contribution is -2.40. The van der Waals surface area contributed by atoms with Crippen LogP contribution in [0.2, 0.25) is 0 Å². The minimum Gasteiger partial charge on any atom is -0.493 e. The van der Waals surface area contributed by atoms with Crippen molar-refractivity contribution in [3.05, 3.63) is 29.8 Å². The lowest BCUT2D eigenvalue weighted by atomic mass is 10.2. The van der Waals surface area contributed by atoms with Crippen molar-refractivity contribution < 1.29 is 19.4 Å². The molecule has 1 atom stereocenters. The zero-order valence-electron chi connectivity index (χ0n) is 12.1. The van der Waals surface area contributed by atoms with E-state index in [-0.39, 0.29) is 18.6 Å². The molecule has 0 saturated carbocycles. The monoisotopic (exact) mass is 281 g/mol. The molecule has 1 unspecified atom stereocenters. The molecular formula is C15H23NO4. The third kappa shape index (κ3) is 6.04. The number of aliphatic hydroxyl groups excluding tert-OH is 1. The summed E-state index contributed by atoms with van der Waals surface area (Å²) in [7, 11) is 1.53. The van der Waals surface area contributed by atoms with E-state index in [1.807, 2.05) is 31.2 Å². The SMILES string of the molecule is COCC(CO)NC(=O)CCCOc1ccccc1C. The molecule has 0 bridgehead atoms. The van der Waals surface area contributed by atoms with Crippen molar-refractivity contribution in [2.75, 3.05) is 26.9 Å². The highest BCUT2D eigenvalue weighted by atomic mass is 16.5. The van der Waals surface area contributed by atoms with Gasteiger partial charge in [-0.1, -0.05) is 18.2 Å². The summed E-state index contributed by atoms with van der Waals surface area (Å²) in [6, 6.07) is 7.44. The maximum Gasteiger partial charge on any atom is 0.220 e. The number of rotatable bonds is 9. The van der Waals surface area contributed by atoms with E-state index in [2.05, 4.69) is 5.32 Å². The summed E-state index contributed by atoms with van der Waals surface area (Å²) >= 11 is 0. The molecule has 0 aliphatic carbocycles. The van der Waals surface area contributed by atoms with Crippen molar-refractivity contribution in [3.63, 3.8) is 0 Å². The van der Waals surface area contributed by atoms with Crippen LogP contribution in [-0.4, -0.2) is 44.0 Å². The van der Waals surface area contributed by atoms with Crippen molar-refractivity contribution >= 4 is 5.91 Å². The van der Waals surface area contributed by atoms with Crippen LogP contribution in [0.3, 0.4) is 0 Å². The molecular weight excluding hydrogens is 258 g/mol. The molecule has 1 amide bonds. The topological polar surface area (TPSA) is 67.8 Å². The fourth-order valence-corrected chi connectivity index (χ4v) is 1.77. The van der Waals surface area contributed by atoms with Crippen LogP contribution in [0.1, 0.15) is 18.4 Å². The summed E-state index contributed by atoms with van der Waals surface area (Å²) in [6.45, 7) is 2.66. The van der Waals surface area contributed by atoms with Gasteiger partial charge < -0.3 is 19.9 Å². The van der Waals surface area contributed by atoms with E-state index in [1.165, 1.54) is 7.11 Å². The lowest BCUT2D eigenvalue weighted by molar-refractivity contribution is -0.122. The van der Waals surface area contributed by atoms with E-state index in [1.54, 1.807) is 0 Å². The van der Waals surface area contributed by atoms with Crippen LogP contribution in [0.4, 0.5) is 0 Å². The summed E-state index contributed by atoms with van der Waals surface area (Å²) in [4.78, 5) is 11.6. The second-order valence-corrected chi connectivity index (χ2v) is 4.62. The molecule has 0 spiro atoms. The van der Waals surface area contributed by atoms with Crippen LogP contribution in [0.5, 0.6) is 5.75 Å². The molecule has 0 aliphatic heterocycles. The number of hydrogen-bond donors (Lipinski definition) is 2. The predicted molar refractivity (Wildman–Crippen MR) is 76.8 cm³/mol. The van der Waals surface area contributed by atoms with E-state index in [9.17, 15) is 4.79 Å². The molecule has 0 aromatic heterocycles. The van der Waals surface area contributed by atoms with Gasteiger partial charge in [0.05, 0.1) is 25.9 Å². The number of carbonyl (C=O) groups excluding carboxylic acids is 1. The molecule has 1 aromatic rings. The molecule has 0 heterocycles. The number of nitrogens with one attached hydrogen (secondary N) is 1. The van der Waals surface area contributed by atoms with Crippen molar-refractivity contribution in [2.24, 2.45) is 0 Å². The molecule has 2 N–H and O–H groups in total. The van der Waals surface area contributed by atoms with E-state index in [0.29, 0.717) is 26.1 Å². The molecule has 5 nitrogen and oxygen atoms in total. The van der Waals surface area contributed by atoms with Crippen LogP contribution in [0.25, 0.3) is 0 Å². The quantitative estimate of drug-likeness (QED) is 0.669. The first kappa shape index (κ1) is 16.5. The van der Waals surface area contributed by atoms with E-state index >= 15 is 0 Å². The fourth-order valence-electron chi connectivity index (χ4n) is 1.77. The molecule has 0 fully saturated rings. The summed E-state index contributed by atoms with van der Waals surface area (Å²) in [5, 5.41) is 11.7. The van der Waals surface area contributed by atoms with E-state index < -0.39 is 0 Å². The molecule has 0 saturated heterocycles. The van der Waals surface area contributed by atoms with Crippen molar-refractivity contribution in [2.45, 2.75) is 25.8 Å². The molecule has 20 heavy (non-hydrogen) atoms. The first-order valence-corrected chi connectivity index (χ1v) is 6.75. The molecule has 112 valence electrons. The smallest absolute Gasteiger partial charge is 0.220 e. The Morgan fingerprint density at radius 3 is 2.80 bits per heavy atom. The van der Waals surface area contributed by atoms with Crippen molar-refractivity contribution in [1.29, 1.82) is 0 Å². The largest absolute Gasteiger partial charge is 0.493 e. The summed E-state index contributed by atoms with van der Waals surface area (Å²) in [5.41, 5.74) is 1.08. The standard InChI is InChI=1S/C15H23NO4/c1-12-6-3-4-7-14(12)20-9-5-8-15(18)16-13(10-17)11-19-2/h3-4,6-7,13,17H,5,8-11H2,1-2H3,(H,16,18). The average Bonchev–Trinajstić information content (AvgIpc) is 2.45. The summed E-state index contributed by atoms with van der Waals surface area (Å²) < 4.78 is 10.5. The van der Waals surface area contributed by atoms with Gasteiger partial charge in [0.1, 0.15) is 5.75 Å². The van der Waals surface area contributed by atoms with E-state index in [4.69, 9.17) is 14.6 Å². The van der Waals surface area contributed by atoms with Gasteiger partial charge in [-0.15, -0.1) is 0 Å². The number of para-hydroxylation sites is 1. The number of benzene rings is 1. The number of aryl methyl sites for hydroxylation is 1. The Bertz CT molecular complexity index is 409. The molecule has 1 rings (SSSR count). The normalized spacial score (nSPS) is 11.9. The Morgan fingerprint density at radius 1 is 1.40 bits per heavy atom. The first-order chi connectivity index (χ1) is 9.67. The number of carbonyl (C=O) groups is 1. The zero-order chi connectivity index (χ0) is 14.8. The maximum absolute atomic E-state index is 11.6. The van der Waals surface area contributed by atoms with Gasteiger partial charge in [-0.2, -0.15) is 0 Å². The summed E-state index contributed by atoms with van der Waals surface area (Å²) in [6.07, 6.45) is 0.997. The second-order valence-electron chi connectivity index (χ2n) is 4.62. The Kier molecular flexibility index (Phi) is 7.69. The average molecular weight is 281 g/mol. The van der Waals surface area contributed by atoms with E-state index in [0.717, 1.165) is 11.3 Å². The highest BCUT2D eigenvalue weighted by Gasteiger charge is 2.10. The number of methoxy groups -OCH3 is 1. The van der Waals surface area contributed by atoms with Gasteiger partial charge in [0, 0.05) is 13.5 Å². The third-order valence-corrected chi connectivity index (χ3v) is 2.85. The van der Waals surface area contributed by atoms with Gasteiger partial charge in [-0.05, 0) is 25.0 Å². The molecule has 1 aromatic carbocycles. The van der Waals surface area contributed by atoms with Crippen LogP contribution >= 0.6 is 0 Å². The zero-order valence-corrected chi connectivity index (χ0v) is 12.1. The highest BCUT2D eigenvalue weighted by molar-refractivity contribution is 5.76. The summed E-state index contributed by atoms with van der Waals surface area (Å²) in [5.74, 6) is 0.745. The van der Waals surface area contributed by atoms with Gasteiger partial charge in [0.2, 0.25) is 5.91 Å². The molecule has 0 radical (unpaired) electrons. The minimum absolute atomic E-state index is 0.102. The Balaban J connectivity index is 2.20. The molecule has 5 heteroatoms. The van der Waals surface area contributed by atoms with Gasteiger partial charge >= 0.3 is 0 Å². The Morgan fingerprint density at radius 2 is 2.15 bits per heavy atom. The van der Waals surface area contributed by atoms with Crippen LogP contribution < -0.4 is 10.1 Å². The van der Waals surface area contributed by atoms with Crippen LogP contribution in [-0.2, 0) is 9.53 Å². The number of amides is 1. The van der Waals surface area contributed by atoms with Crippen LogP contribution in [0, 0.1) is 6.92 Å².